The van der Waals surface area contributed by atoms with Gasteiger partial charge in [0.2, 0.25) is 15.8 Å². The molecule has 0 bridgehead atoms. The third kappa shape index (κ3) is 3.03. The highest BCUT2D eigenvalue weighted by Gasteiger charge is 2.32. The number of hydrogen-bond acceptors (Lipinski definition) is 6. The predicted octanol–water partition coefficient (Wildman–Crippen LogP) is 0.854. The highest BCUT2D eigenvalue weighted by atomic mass is 32.2. The number of piperidine rings is 1. The molecule has 1 aromatic carbocycles. The van der Waals surface area contributed by atoms with E-state index in [2.05, 4.69) is 4.74 Å². The molecule has 0 unspecified atom stereocenters. The van der Waals surface area contributed by atoms with E-state index >= 15 is 0 Å². The van der Waals surface area contributed by atoms with Gasteiger partial charge in [0, 0.05) is 25.2 Å². The molecular formula is C12H16FN3O5S. The van der Waals surface area contributed by atoms with Crippen molar-refractivity contribution in [3.8, 4) is 5.75 Å². The van der Waals surface area contributed by atoms with Crippen LogP contribution in [-0.4, -0.2) is 43.9 Å². The van der Waals surface area contributed by atoms with Crippen LogP contribution in [0.4, 0.5) is 10.1 Å². The van der Waals surface area contributed by atoms with Crippen LogP contribution in [0.15, 0.2) is 17.0 Å². The summed E-state index contributed by atoms with van der Waals surface area (Å²) in [4.78, 5) is 9.62. The average molecular weight is 333 g/mol. The van der Waals surface area contributed by atoms with Gasteiger partial charge in [-0.1, -0.05) is 0 Å². The first-order valence-corrected chi connectivity index (χ1v) is 7.99. The standard InChI is InChI=1S/C12H16FN3O5S/c1-21-12-10(13)6-9(7-11(12)16(17)18)22(19,20)15-4-2-8(14)3-5-15/h6-8H,2-5,14H2,1H3. The number of methoxy groups -OCH3 is 1. The maximum absolute atomic E-state index is 13.9. The fourth-order valence-electron chi connectivity index (χ4n) is 2.31. The van der Waals surface area contributed by atoms with E-state index in [0.29, 0.717) is 12.8 Å². The topological polar surface area (TPSA) is 116 Å². The second-order valence-corrected chi connectivity index (χ2v) is 6.89. The number of nitrogens with zero attached hydrogens (tertiary/aromatic N) is 2. The summed E-state index contributed by atoms with van der Waals surface area (Å²) in [5, 5.41) is 11.0. The van der Waals surface area contributed by atoms with Gasteiger partial charge in [-0.25, -0.2) is 12.8 Å². The third-order valence-corrected chi connectivity index (χ3v) is 5.41. The molecule has 10 heteroatoms. The number of ether oxygens (including phenoxy) is 1. The molecule has 1 aliphatic rings. The molecule has 0 saturated carbocycles. The molecule has 1 heterocycles. The van der Waals surface area contributed by atoms with Gasteiger partial charge in [-0.15, -0.1) is 0 Å². The van der Waals surface area contributed by atoms with Crippen LogP contribution in [-0.2, 0) is 10.0 Å². The molecule has 0 amide bonds. The summed E-state index contributed by atoms with van der Waals surface area (Å²) in [6.45, 7) is 0.399. The van der Waals surface area contributed by atoms with Crippen molar-refractivity contribution in [1.82, 2.24) is 4.31 Å². The van der Waals surface area contributed by atoms with E-state index in [1.54, 1.807) is 0 Å². The zero-order valence-corrected chi connectivity index (χ0v) is 12.7. The molecular weight excluding hydrogens is 317 g/mol. The summed E-state index contributed by atoms with van der Waals surface area (Å²) in [6, 6.07) is 1.47. The van der Waals surface area contributed by atoms with Gasteiger partial charge < -0.3 is 10.5 Å². The molecule has 1 saturated heterocycles. The highest BCUT2D eigenvalue weighted by Crippen LogP contribution is 2.34. The summed E-state index contributed by atoms with van der Waals surface area (Å²) in [5.41, 5.74) is 4.99. The van der Waals surface area contributed by atoms with E-state index in [0.717, 1.165) is 23.5 Å². The molecule has 122 valence electrons. The second kappa shape index (κ2) is 6.15. The lowest BCUT2D eigenvalue weighted by Crippen LogP contribution is -2.42. The Morgan fingerprint density at radius 2 is 2.00 bits per heavy atom. The van der Waals surface area contributed by atoms with Gasteiger partial charge in [-0.3, -0.25) is 10.1 Å². The molecule has 1 aliphatic heterocycles. The lowest BCUT2D eigenvalue weighted by molar-refractivity contribution is -0.386. The number of benzene rings is 1. The van der Waals surface area contributed by atoms with Crippen molar-refractivity contribution in [3.05, 3.63) is 28.1 Å². The Bertz CT molecular complexity index is 686. The Morgan fingerprint density at radius 1 is 1.41 bits per heavy atom. The summed E-state index contributed by atoms with van der Waals surface area (Å²) < 4.78 is 44.6. The molecule has 8 nitrogen and oxygen atoms in total. The van der Waals surface area contributed by atoms with Crippen molar-refractivity contribution in [3.63, 3.8) is 0 Å². The quantitative estimate of drug-likeness (QED) is 0.645. The van der Waals surface area contributed by atoms with E-state index < -0.39 is 37.1 Å². The molecule has 2 rings (SSSR count). The summed E-state index contributed by atoms with van der Waals surface area (Å²) in [6.07, 6.45) is 0.972. The van der Waals surface area contributed by atoms with E-state index in [-0.39, 0.29) is 19.1 Å². The number of hydrogen-bond donors (Lipinski definition) is 1. The summed E-state index contributed by atoms with van der Waals surface area (Å²) >= 11 is 0. The van der Waals surface area contributed by atoms with Crippen molar-refractivity contribution < 1.29 is 22.5 Å². The number of rotatable bonds is 4. The number of nitro groups is 1. The minimum atomic E-state index is -4.01. The van der Waals surface area contributed by atoms with E-state index in [1.807, 2.05) is 0 Å². The van der Waals surface area contributed by atoms with Crippen LogP contribution in [0.3, 0.4) is 0 Å². The zero-order chi connectivity index (χ0) is 16.5. The molecule has 22 heavy (non-hydrogen) atoms. The van der Waals surface area contributed by atoms with Crippen molar-refractivity contribution in [2.75, 3.05) is 20.2 Å². The maximum atomic E-state index is 13.9. The number of nitrogens with two attached hydrogens (primary N) is 1. The first kappa shape index (κ1) is 16.6. The highest BCUT2D eigenvalue weighted by molar-refractivity contribution is 7.89. The zero-order valence-electron chi connectivity index (χ0n) is 11.9. The van der Waals surface area contributed by atoms with Crippen molar-refractivity contribution in [2.24, 2.45) is 5.73 Å². The molecule has 1 fully saturated rings. The van der Waals surface area contributed by atoms with Crippen LogP contribution in [0.1, 0.15) is 12.8 Å². The van der Waals surface area contributed by atoms with E-state index in [9.17, 15) is 22.9 Å². The van der Waals surface area contributed by atoms with Gasteiger partial charge >= 0.3 is 5.69 Å². The Kier molecular flexibility index (Phi) is 4.63. The van der Waals surface area contributed by atoms with E-state index in [1.165, 1.54) is 0 Å². The average Bonchev–Trinajstić information content (AvgIpc) is 2.46. The van der Waals surface area contributed by atoms with Crippen molar-refractivity contribution in [1.29, 1.82) is 0 Å². The molecule has 0 atom stereocenters. The Balaban J connectivity index is 2.45. The lowest BCUT2D eigenvalue weighted by Gasteiger charge is -2.29. The van der Waals surface area contributed by atoms with Crippen LogP contribution in [0.2, 0.25) is 0 Å². The van der Waals surface area contributed by atoms with E-state index in [4.69, 9.17) is 5.73 Å². The molecule has 0 spiro atoms. The number of halogens is 1. The van der Waals surface area contributed by atoms with Crippen LogP contribution in [0.25, 0.3) is 0 Å². The molecule has 0 radical (unpaired) electrons. The smallest absolute Gasteiger partial charge is 0.315 e. The van der Waals surface area contributed by atoms with Crippen LogP contribution in [0, 0.1) is 15.9 Å². The SMILES string of the molecule is COc1c(F)cc(S(=O)(=O)N2CCC(N)CC2)cc1[N+](=O)[O-]. The first-order chi connectivity index (χ1) is 10.3. The van der Waals surface area contributed by atoms with Crippen LogP contribution < -0.4 is 10.5 Å². The molecule has 0 aliphatic carbocycles. The van der Waals surface area contributed by atoms with Crippen LogP contribution in [0.5, 0.6) is 5.75 Å². The lowest BCUT2D eigenvalue weighted by atomic mass is 10.1. The van der Waals surface area contributed by atoms with Crippen molar-refractivity contribution >= 4 is 15.7 Å². The van der Waals surface area contributed by atoms with Crippen molar-refractivity contribution in [2.45, 2.75) is 23.8 Å². The van der Waals surface area contributed by atoms with Gasteiger partial charge in [0.25, 0.3) is 0 Å². The number of nitro benzene ring substituents is 1. The van der Waals surface area contributed by atoms with Gasteiger partial charge in [0.05, 0.1) is 16.9 Å². The largest absolute Gasteiger partial charge is 0.488 e. The number of sulfonamides is 1. The van der Waals surface area contributed by atoms with Gasteiger partial charge in [-0.2, -0.15) is 4.31 Å². The fraction of sp³-hybridized carbons (Fsp3) is 0.500. The third-order valence-electron chi connectivity index (χ3n) is 3.53. The molecule has 2 N–H and O–H groups in total. The van der Waals surface area contributed by atoms with Gasteiger partial charge in [0.1, 0.15) is 0 Å². The minimum absolute atomic E-state index is 0.0756. The minimum Gasteiger partial charge on any atom is -0.488 e. The maximum Gasteiger partial charge on any atom is 0.315 e. The van der Waals surface area contributed by atoms with Gasteiger partial charge in [0.15, 0.2) is 5.82 Å². The monoisotopic (exact) mass is 333 g/mol. The first-order valence-electron chi connectivity index (χ1n) is 6.55. The Hall–Kier alpha value is -1.78. The molecule has 1 aromatic rings. The normalized spacial score (nSPS) is 17.4. The summed E-state index contributed by atoms with van der Waals surface area (Å²) in [7, 11) is -2.94. The fourth-order valence-corrected chi connectivity index (χ4v) is 3.81. The predicted molar refractivity (Wildman–Crippen MR) is 75.6 cm³/mol. The Morgan fingerprint density at radius 3 is 2.50 bits per heavy atom. The Labute approximate surface area is 126 Å². The second-order valence-electron chi connectivity index (χ2n) is 4.96. The summed E-state index contributed by atoms with van der Waals surface area (Å²) in [5.74, 6) is -1.69. The molecule has 0 aromatic heterocycles. The van der Waals surface area contributed by atoms with Crippen LogP contribution >= 0.6 is 0 Å². The van der Waals surface area contributed by atoms with Gasteiger partial charge in [-0.05, 0) is 18.9 Å².